The summed E-state index contributed by atoms with van der Waals surface area (Å²) < 4.78 is 1.82. The van der Waals surface area contributed by atoms with Crippen molar-refractivity contribution in [2.75, 3.05) is 18.5 Å². The summed E-state index contributed by atoms with van der Waals surface area (Å²) in [6.07, 6.45) is 5.38. The van der Waals surface area contributed by atoms with Crippen molar-refractivity contribution in [2.45, 2.75) is 25.9 Å². The van der Waals surface area contributed by atoms with Gasteiger partial charge in [-0.25, -0.2) is 4.68 Å². The standard InChI is InChI=1S/C23H25ClN6O/c1-25-23(26-13-17-4-8-20(9-5-17)29-12-2-3-22(29)31)27-14-18-15-28-30(16-18)21-10-6-19(24)7-11-21/h4-11,15-16H,2-3,12-14H2,1H3,(H2,25,26,27). The summed E-state index contributed by atoms with van der Waals surface area (Å²) in [5.74, 6) is 0.910. The van der Waals surface area contributed by atoms with Crippen LogP contribution in [-0.4, -0.2) is 35.2 Å². The van der Waals surface area contributed by atoms with Gasteiger partial charge in [-0.05, 0) is 48.4 Å². The van der Waals surface area contributed by atoms with Crippen LogP contribution in [0.4, 0.5) is 5.69 Å². The quantitative estimate of drug-likeness (QED) is 0.458. The van der Waals surface area contributed by atoms with E-state index in [-0.39, 0.29) is 5.91 Å². The van der Waals surface area contributed by atoms with Gasteiger partial charge in [0, 0.05) is 55.6 Å². The molecule has 1 aliphatic heterocycles. The molecule has 0 unspecified atom stereocenters. The van der Waals surface area contributed by atoms with Crippen molar-refractivity contribution < 1.29 is 4.79 Å². The summed E-state index contributed by atoms with van der Waals surface area (Å²) in [7, 11) is 1.74. The SMILES string of the molecule is CN=C(NCc1ccc(N2CCCC2=O)cc1)NCc1cnn(-c2ccc(Cl)cc2)c1. The molecule has 0 bridgehead atoms. The molecule has 2 N–H and O–H groups in total. The minimum absolute atomic E-state index is 0.204. The van der Waals surface area contributed by atoms with Gasteiger partial charge in [0.05, 0.1) is 11.9 Å². The molecular formula is C23H25ClN6O. The summed E-state index contributed by atoms with van der Waals surface area (Å²) in [6, 6.07) is 15.6. The van der Waals surface area contributed by atoms with Crippen LogP contribution in [0.3, 0.4) is 0 Å². The van der Waals surface area contributed by atoms with E-state index in [1.165, 1.54) is 0 Å². The van der Waals surface area contributed by atoms with Crippen molar-refractivity contribution in [1.29, 1.82) is 0 Å². The first kappa shape index (κ1) is 20.9. The molecule has 3 aromatic rings. The molecule has 1 fully saturated rings. The van der Waals surface area contributed by atoms with Crippen LogP contribution in [0, 0.1) is 0 Å². The number of aliphatic imine (C=N–C) groups is 1. The largest absolute Gasteiger partial charge is 0.352 e. The van der Waals surface area contributed by atoms with Crippen LogP contribution < -0.4 is 15.5 Å². The zero-order chi connectivity index (χ0) is 21.6. The minimum atomic E-state index is 0.204. The summed E-state index contributed by atoms with van der Waals surface area (Å²) >= 11 is 5.95. The Labute approximate surface area is 186 Å². The highest BCUT2D eigenvalue weighted by atomic mass is 35.5. The number of carbonyl (C=O) groups is 1. The van der Waals surface area contributed by atoms with Gasteiger partial charge >= 0.3 is 0 Å². The van der Waals surface area contributed by atoms with Crippen molar-refractivity contribution in [3.8, 4) is 5.69 Å². The summed E-state index contributed by atoms with van der Waals surface area (Å²) in [5.41, 5.74) is 4.08. The average molecular weight is 437 g/mol. The summed E-state index contributed by atoms with van der Waals surface area (Å²) in [4.78, 5) is 18.0. The van der Waals surface area contributed by atoms with Gasteiger partial charge in [-0.2, -0.15) is 5.10 Å². The molecule has 1 aromatic heterocycles. The smallest absolute Gasteiger partial charge is 0.227 e. The number of aromatic nitrogens is 2. The van der Waals surface area contributed by atoms with E-state index in [4.69, 9.17) is 11.6 Å². The maximum absolute atomic E-state index is 11.9. The molecule has 2 aromatic carbocycles. The highest BCUT2D eigenvalue weighted by Gasteiger charge is 2.21. The molecule has 1 amide bonds. The Bertz CT molecular complexity index is 1060. The molecule has 4 rings (SSSR count). The minimum Gasteiger partial charge on any atom is -0.352 e. The van der Waals surface area contributed by atoms with Crippen LogP contribution in [-0.2, 0) is 17.9 Å². The van der Waals surface area contributed by atoms with Crippen molar-refractivity contribution in [2.24, 2.45) is 4.99 Å². The maximum Gasteiger partial charge on any atom is 0.227 e. The number of hydrogen-bond acceptors (Lipinski definition) is 3. The fourth-order valence-corrected chi connectivity index (χ4v) is 3.62. The van der Waals surface area contributed by atoms with Gasteiger partial charge in [0.1, 0.15) is 0 Å². The topological polar surface area (TPSA) is 74.6 Å². The predicted molar refractivity (Wildman–Crippen MR) is 124 cm³/mol. The predicted octanol–water partition coefficient (Wildman–Crippen LogP) is 3.52. The molecule has 1 aliphatic rings. The number of benzene rings is 2. The third-order valence-corrected chi connectivity index (χ3v) is 5.44. The highest BCUT2D eigenvalue weighted by Crippen LogP contribution is 2.21. The van der Waals surface area contributed by atoms with Gasteiger partial charge in [0.2, 0.25) is 5.91 Å². The van der Waals surface area contributed by atoms with Crippen LogP contribution in [0.15, 0.2) is 65.9 Å². The normalized spacial score (nSPS) is 14.2. The van der Waals surface area contributed by atoms with E-state index in [0.717, 1.165) is 35.5 Å². The van der Waals surface area contributed by atoms with Crippen molar-refractivity contribution in [3.63, 3.8) is 0 Å². The first-order valence-electron chi connectivity index (χ1n) is 10.3. The Morgan fingerprint density at radius 3 is 2.35 bits per heavy atom. The number of guanidine groups is 1. The average Bonchev–Trinajstić information content (AvgIpc) is 3.44. The molecule has 0 saturated carbocycles. The Hall–Kier alpha value is -3.32. The van der Waals surface area contributed by atoms with E-state index in [2.05, 4.69) is 20.7 Å². The molecule has 2 heterocycles. The number of amides is 1. The Morgan fingerprint density at radius 1 is 1.03 bits per heavy atom. The number of hydrogen-bond donors (Lipinski definition) is 2. The zero-order valence-corrected chi connectivity index (χ0v) is 18.1. The Morgan fingerprint density at radius 2 is 1.71 bits per heavy atom. The number of anilines is 1. The lowest BCUT2D eigenvalue weighted by molar-refractivity contribution is -0.117. The molecule has 31 heavy (non-hydrogen) atoms. The van der Waals surface area contributed by atoms with E-state index in [1.54, 1.807) is 7.05 Å². The van der Waals surface area contributed by atoms with Gasteiger partial charge in [-0.3, -0.25) is 9.79 Å². The van der Waals surface area contributed by atoms with Gasteiger partial charge < -0.3 is 15.5 Å². The van der Waals surface area contributed by atoms with Crippen LogP contribution in [0.5, 0.6) is 0 Å². The number of carbonyl (C=O) groups excluding carboxylic acids is 1. The lowest BCUT2D eigenvalue weighted by atomic mass is 10.2. The van der Waals surface area contributed by atoms with Gasteiger partial charge in [0.15, 0.2) is 5.96 Å². The fraction of sp³-hybridized carbons (Fsp3) is 0.261. The van der Waals surface area contributed by atoms with E-state index >= 15 is 0 Å². The second-order valence-corrected chi connectivity index (χ2v) is 7.80. The van der Waals surface area contributed by atoms with Crippen LogP contribution in [0.2, 0.25) is 5.02 Å². The van der Waals surface area contributed by atoms with E-state index in [9.17, 15) is 4.79 Å². The van der Waals surface area contributed by atoms with Crippen LogP contribution >= 0.6 is 11.6 Å². The molecule has 1 saturated heterocycles. The van der Waals surface area contributed by atoms with Crippen LogP contribution in [0.1, 0.15) is 24.0 Å². The second-order valence-electron chi connectivity index (χ2n) is 7.36. The molecule has 160 valence electrons. The first-order chi connectivity index (χ1) is 15.1. The number of nitrogens with zero attached hydrogens (tertiary/aromatic N) is 4. The van der Waals surface area contributed by atoms with Crippen LogP contribution in [0.25, 0.3) is 5.69 Å². The number of halogens is 1. The molecule has 0 spiro atoms. The second kappa shape index (κ2) is 9.66. The lowest BCUT2D eigenvalue weighted by Crippen LogP contribution is -2.36. The summed E-state index contributed by atoms with van der Waals surface area (Å²) in [6.45, 7) is 2.04. The van der Waals surface area contributed by atoms with Gasteiger partial charge in [0.25, 0.3) is 0 Å². The zero-order valence-electron chi connectivity index (χ0n) is 17.4. The van der Waals surface area contributed by atoms with E-state index < -0.39 is 0 Å². The van der Waals surface area contributed by atoms with Crippen molar-refractivity contribution in [3.05, 3.63) is 77.1 Å². The lowest BCUT2D eigenvalue weighted by Gasteiger charge is -2.16. The highest BCUT2D eigenvalue weighted by molar-refractivity contribution is 6.30. The molecular weight excluding hydrogens is 412 g/mol. The molecule has 0 radical (unpaired) electrons. The maximum atomic E-state index is 11.9. The van der Waals surface area contributed by atoms with Crippen molar-refractivity contribution >= 4 is 29.2 Å². The third-order valence-electron chi connectivity index (χ3n) is 5.19. The van der Waals surface area contributed by atoms with Gasteiger partial charge in [-0.1, -0.05) is 23.7 Å². The number of rotatable bonds is 6. The molecule has 0 atom stereocenters. The Kier molecular flexibility index (Phi) is 6.52. The summed E-state index contributed by atoms with van der Waals surface area (Å²) in [5, 5.41) is 11.7. The first-order valence-corrected chi connectivity index (χ1v) is 10.6. The van der Waals surface area contributed by atoms with Crippen molar-refractivity contribution in [1.82, 2.24) is 20.4 Å². The van der Waals surface area contributed by atoms with E-state index in [1.807, 2.05) is 70.5 Å². The number of nitrogens with one attached hydrogen (secondary N) is 2. The molecule has 7 nitrogen and oxygen atoms in total. The Balaban J connectivity index is 1.28. The molecule has 0 aliphatic carbocycles. The third kappa shape index (κ3) is 5.24. The fourth-order valence-electron chi connectivity index (χ4n) is 3.49. The van der Waals surface area contributed by atoms with E-state index in [0.29, 0.717) is 30.5 Å². The van der Waals surface area contributed by atoms with Gasteiger partial charge in [-0.15, -0.1) is 0 Å². The monoisotopic (exact) mass is 436 g/mol. The molecule has 8 heteroatoms.